The zero-order valence-corrected chi connectivity index (χ0v) is 17.0. The fourth-order valence-electron chi connectivity index (χ4n) is 2.73. The standard InChI is InChI=1S/C24H28N4O/c1-5-6-13-23(19(4)25)18(3)16-26-28-22-12-8-11-21(15-22)27-24(29)20-10-7-9-17(2)14-20/h5-15,26,28H,1,4,16,25H2,2-3H3,(H,27,29)/b13-6-,23-18-. The molecule has 5 nitrogen and oxygen atoms in total. The molecular weight excluding hydrogens is 360 g/mol. The molecule has 1 amide bonds. The first kappa shape index (κ1) is 21.7. The lowest BCUT2D eigenvalue weighted by Gasteiger charge is -2.13. The second-order valence-electron chi connectivity index (χ2n) is 6.70. The smallest absolute Gasteiger partial charge is 0.255 e. The van der Waals surface area contributed by atoms with Crippen molar-refractivity contribution in [3.05, 3.63) is 108 Å². The highest BCUT2D eigenvalue weighted by atomic mass is 16.1. The fraction of sp³-hybridized carbons (Fsp3) is 0.125. The summed E-state index contributed by atoms with van der Waals surface area (Å²) in [7, 11) is 0. The van der Waals surface area contributed by atoms with Gasteiger partial charge in [0.2, 0.25) is 0 Å². The van der Waals surface area contributed by atoms with Crippen LogP contribution in [0.25, 0.3) is 0 Å². The molecule has 0 saturated carbocycles. The summed E-state index contributed by atoms with van der Waals surface area (Å²) in [5.41, 5.74) is 17.8. The maximum absolute atomic E-state index is 12.4. The monoisotopic (exact) mass is 388 g/mol. The predicted molar refractivity (Wildman–Crippen MR) is 123 cm³/mol. The summed E-state index contributed by atoms with van der Waals surface area (Å²) >= 11 is 0. The lowest BCUT2D eigenvalue weighted by atomic mass is 10.1. The normalized spacial score (nSPS) is 11.7. The minimum Gasteiger partial charge on any atom is -0.399 e. The van der Waals surface area contributed by atoms with E-state index in [1.807, 2.05) is 68.5 Å². The Labute approximate surface area is 172 Å². The molecule has 0 aliphatic carbocycles. The molecule has 2 aromatic carbocycles. The van der Waals surface area contributed by atoms with Gasteiger partial charge in [-0.1, -0.05) is 55.1 Å². The van der Waals surface area contributed by atoms with Gasteiger partial charge in [-0.3, -0.25) is 4.79 Å². The molecule has 150 valence electrons. The third-order valence-electron chi connectivity index (χ3n) is 4.19. The van der Waals surface area contributed by atoms with E-state index in [2.05, 4.69) is 29.3 Å². The average molecular weight is 389 g/mol. The van der Waals surface area contributed by atoms with E-state index in [-0.39, 0.29) is 5.91 Å². The van der Waals surface area contributed by atoms with Crippen LogP contribution in [0.15, 0.2) is 96.8 Å². The highest BCUT2D eigenvalue weighted by molar-refractivity contribution is 6.04. The van der Waals surface area contributed by atoms with Gasteiger partial charge in [0.05, 0.1) is 5.69 Å². The number of hydrogen-bond acceptors (Lipinski definition) is 4. The van der Waals surface area contributed by atoms with E-state index in [4.69, 9.17) is 5.73 Å². The van der Waals surface area contributed by atoms with Crippen LogP contribution >= 0.6 is 0 Å². The second kappa shape index (κ2) is 10.7. The Bertz CT molecular complexity index is 957. The summed E-state index contributed by atoms with van der Waals surface area (Å²) in [5, 5.41) is 2.92. The van der Waals surface area contributed by atoms with Gasteiger partial charge in [-0.05, 0) is 55.3 Å². The van der Waals surface area contributed by atoms with Crippen molar-refractivity contribution in [1.82, 2.24) is 5.43 Å². The van der Waals surface area contributed by atoms with E-state index >= 15 is 0 Å². The van der Waals surface area contributed by atoms with Gasteiger partial charge in [0.1, 0.15) is 0 Å². The summed E-state index contributed by atoms with van der Waals surface area (Å²) < 4.78 is 0. The van der Waals surface area contributed by atoms with Gasteiger partial charge in [0.25, 0.3) is 5.91 Å². The third-order valence-corrected chi connectivity index (χ3v) is 4.19. The van der Waals surface area contributed by atoms with E-state index in [0.29, 0.717) is 23.5 Å². The number of carbonyl (C=O) groups excluding carboxylic acids is 1. The van der Waals surface area contributed by atoms with Gasteiger partial charge in [0.15, 0.2) is 0 Å². The second-order valence-corrected chi connectivity index (χ2v) is 6.70. The number of nitrogens with two attached hydrogens (primary N) is 1. The highest BCUT2D eigenvalue weighted by Gasteiger charge is 2.06. The number of rotatable bonds is 9. The molecule has 0 aliphatic rings. The van der Waals surface area contributed by atoms with Crippen molar-refractivity contribution < 1.29 is 4.79 Å². The summed E-state index contributed by atoms with van der Waals surface area (Å²) in [6, 6.07) is 15.0. The van der Waals surface area contributed by atoms with Crippen LogP contribution in [0, 0.1) is 6.92 Å². The minimum atomic E-state index is -0.141. The van der Waals surface area contributed by atoms with Crippen LogP contribution in [0.4, 0.5) is 11.4 Å². The van der Waals surface area contributed by atoms with E-state index in [1.165, 1.54) is 0 Å². The molecule has 29 heavy (non-hydrogen) atoms. The molecule has 0 aliphatic heterocycles. The van der Waals surface area contributed by atoms with E-state index < -0.39 is 0 Å². The third kappa shape index (κ3) is 6.83. The van der Waals surface area contributed by atoms with Gasteiger partial charge in [-0.2, -0.15) is 0 Å². The average Bonchev–Trinajstić information content (AvgIpc) is 2.68. The molecule has 0 fully saturated rings. The van der Waals surface area contributed by atoms with Gasteiger partial charge < -0.3 is 16.5 Å². The molecule has 2 aromatic rings. The highest BCUT2D eigenvalue weighted by Crippen LogP contribution is 2.16. The van der Waals surface area contributed by atoms with Crippen molar-refractivity contribution in [2.45, 2.75) is 13.8 Å². The Morgan fingerprint density at radius 1 is 1.14 bits per heavy atom. The molecule has 5 N–H and O–H groups in total. The van der Waals surface area contributed by atoms with Crippen LogP contribution in [0.3, 0.4) is 0 Å². The number of amides is 1. The van der Waals surface area contributed by atoms with Gasteiger partial charge in [-0.15, -0.1) is 0 Å². The molecule has 0 bridgehead atoms. The predicted octanol–water partition coefficient (Wildman–Crippen LogP) is 4.69. The first-order chi connectivity index (χ1) is 13.9. The molecule has 0 unspecified atom stereocenters. The van der Waals surface area contributed by atoms with Crippen LogP contribution in [0.2, 0.25) is 0 Å². The Morgan fingerprint density at radius 2 is 1.86 bits per heavy atom. The maximum atomic E-state index is 12.4. The van der Waals surface area contributed by atoms with Gasteiger partial charge in [-0.25, -0.2) is 5.43 Å². The number of anilines is 2. The number of hydrazine groups is 1. The van der Waals surface area contributed by atoms with Crippen LogP contribution in [-0.4, -0.2) is 12.5 Å². The zero-order valence-electron chi connectivity index (χ0n) is 17.0. The molecule has 0 spiro atoms. The summed E-state index contributed by atoms with van der Waals surface area (Å²) in [4.78, 5) is 12.4. The maximum Gasteiger partial charge on any atom is 0.255 e. The van der Waals surface area contributed by atoms with Gasteiger partial charge >= 0.3 is 0 Å². The summed E-state index contributed by atoms with van der Waals surface area (Å²) in [6.07, 6.45) is 5.40. The topological polar surface area (TPSA) is 79.2 Å². The molecule has 0 saturated heterocycles. The zero-order chi connectivity index (χ0) is 21.2. The van der Waals surface area contributed by atoms with Crippen molar-refractivity contribution in [2.75, 3.05) is 17.3 Å². The molecule has 0 aromatic heterocycles. The molecular formula is C24H28N4O. The van der Waals surface area contributed by atoms with Gasteiger partial charge in [0, 0.05) is 23.5 Å². The first-order valence-corrected chi connectivity index (χ1v) is 9.31. The van der Waals surface area contributed by atoms with Crippen molar-refractivity contribution in [3.63, 3.8) is 0 Å². The number of hydrogen-bond donors (Lipinski definition) is 4. The lowest BCUT2D eigenvalue weighted by Crippen LogP contribution is -2.24. The Hall–Kier alpha value is -3.57. The first-order valence-electron chi connectivity index (χ1n) is 9.31. The fourth-order valence-corrected chi connectivity index (χ4v) is 2.73. The SMILES string of the molecule is C=C/C=C\C(C(=C)N)=C(/C)CNNc1cccc(NC(=O)c2cccc(C)c2)c1. The number of nitrogens with one attached hydrogen (secondary N) is 3. The van der Waals surface area contributed by atoms with Crippen LogP contribution in [0.1, 0.15) is 22.8 Å². The van der Waals surface area contributed by atoms with Crippen LogP contribution in [-0.2, 0) is 0 Å². The largest absolute Gasteiger partial charge is 0.399 e. The number of allylic oxidation sites excluding steroid dienone is 3. The van der Waals surface area contributed by atoms with Crippen molar-refractivity contribution in [3.8, 4) is 0 Å². The Balaban J connectivity index is 1.99. The molecule has 0 atom stereocenters. The summed E-state index contributed by atoms with van der Waals surface area (Å²) in [5.74, 6) is -0.141. The Morgan fingerprint density at radius 3 is 2.55 bits per heavy atom. The van der Waals surface area contributed by atoms with E-state index in [9.17, 15) is 4.79 Å². The Kier molecular flexibility index (Phi) is 8.00. The molecule has 5 heteroatoms. The van der Waals surface area contributed by atoms with Crippen molar-refractivity contribution >= 4 is 17.3 Å². The van der Waals surface area contributed by atoms with E-state index in [1.54, 1.807) is 12.1 Å². The lowest BCUT2D eigenvalue weighted by molar-refractivity contribution is 0.102. The van der Waals surface area contributed by atoms with Crippen molar-refractivity contribution in [2.24, 2.45) is 5.73 Å². The van der Waals surface area contributed by atoms with E-state index in [0.717, 1.165) is 22.4 Å². The molecule has 0 heterocycles. The number of benzene rings is 2. The molecule has 0 radical (unpaired) electrons. The van der Waals surface area contributed by atoms with Crippen molar-refractivity contribution in [1.29, 1.82) is 0 Å². The number of aryl methyl sites for hydroxylation is 1. The molecule has 2 rings (SSSR count). The van der Waals surface area contributed by atoms with Crippen LogP contribution < -0.4 is 21.9 Å². The van der Waals surface area contributed by atoms with Crippen LogP contribution in [0.5, 0.6) is 0 Å². The number of carbonyl (C=O) groups is 1. The minimum absolute atomic E-state index is 0.141. The quantitative estimate of drug-likeness (QED) is 0.371. The summed E-state index contributed by atoms with van der Waals surface area (Å²) in [6.45, 7) is 12.0.